The summed E-state index contributed by atoms with van der Waals surface area (Å²) in [5, 5.41) is 57.7. The summed E-state index contributed by atoms with van der Waals surface area (Å²) in [5.74, 6) is -5.04. The standard InChI is InChI=1S/C37H29N9O20S6/c1-17-13-26(27(66-11-2-12-68(51,52)53)16-25(17)40-44-37-38-23-9-7-20(70(57,58)59)14-28(23)67-37)41-42-30-29(71(60,61)62)15-22-21(33(30)47)8-10-24(34(22)72(63,64)65)39-43-31-32(36(49)50)45-46(35(31)48)18-3-5-19(6-4-18)69(54,55)56/h3-10,13-16,47-48H,2,11-12H2,1H3,(H,49,50)(H,51,52,53)(H,54,55,56)(H,57,58,59)(H,60,61,62)(H,63,64,65). The molecule has 7 rings (SSSR count). The fraction of sp³-hybridized carbons (Fsp3) is 0.108. The summed E-state index contributed by atoms with van der Waals surface area (Å²) >= 11 is 0.904. The molecule has 0 bridgehead atoms. The molecule has 0 atom stereocenters. The van der Waals surface area contributed by atoms with E-state index in [1.54, 1.807) is 0 Å². The molecule has 5 aromatic carbocycles. The van der Waals surface area contributed by atoms with Gasteiger partial charge in [0.05, 0.1) is 43.7 Å². The second kappa shape index (κ2) is 19.4. The van der Waals surface area contributed by atoms with Crippen LogP contribution in [-0.2, 0) is 50.6 Å². The van der Waals surface area contributed by atoms with E-state index in [0.29, 0.717) is 21.0 Å². The molecule has 0 spiro atoms. The average molecular weight is 1110 g/mol. The maximum atomic E-state index is 12.9. The van der Waals surface area contributed by atoms with Crippen LogP contribution in [-0.4, -0.2) is 113 Å². The number of ether oxygens (including phenoxy) is 1. The van der Waals surface area contributed by atoms with Gasteiger partial charge in [0.25, 0.3) is 50.6 Å². The monoisotopic (exact) mass is 1110 g/mol. The van der Waals surface area contributed by atoms with Gasteiger partial charge in [0.2, 0.25) is 16.7 Å². The molecule has 0 aliphatic rings. The highest BCUT2D eigenvalue weighted by molar-refractivity contribution is 7.87. The van der Waals surface area contributed by atoms with Crippen molar-refractivity contribution in [1.29, 1.82) is 0 Å². The van der Waals surface area contributed by atoms with Gasteiger partial charge in [-0.2, -0.15) is 51.9 Å². The van der Waals surface area contributed by atoms with Crippen molar-refractivity contribution in [3.05, 3.63) is 84.1 Å². The number of aromatic carboxylic acids is 1. The lowest BCUT2D eigenvalue weighted by molar-refractivity contribution is 0.0690. The van der Waals surface area contributed by atoms with Gasteiger partial charge in [0.15, 0.2) is 11.4 Å². The number of aromatic nitrogens is 3. The molecule has 0 amide bonds. The summed E-state index contributed by atoms with van der Waals surface area (Å²) < 4.78 is 176. The van der Waals surface area contributed by atoms with E-state index in [2.05, 4.69) is 40.8 Å². The van der Waals surface area contributed by atoms with Gasteiger partial charge >= 0.3 is 5.97 Å². The van der Waals surface area contributed by atoms with Crippen molar-refractivity contribution in [2.75, 3.05) is 12.4 Å². The van der Waals surface area contributed by atoms with Crippen molar-refractivity contribution in [3.8, 4) is 23.1 Å². The van der Waals surface area contributed by atoms with Gasteiger partial charge in [-0.05, 0) is 85.6 Å². The number of hydrogen-bond donors (Lipinski definition) is 8. The van der Waals surface area contributed by atoms with E-state index in [-0.39, 0.29) is 39.9 Å². The third-order valence-electron chi connectivity index (χ3n) is 9.60. The Morgan fingerprint density at radius 2 is 1.29 bits per heavy atom. The predicted octanol–water partition coefficient (Wildman–Crippen LogP) is 6.94. The Kier molecular flexibility index (Phi) is 14.1. The number of aryl methyl sites for hydroxylation is 1. The first-order valence-electron chi connectivity index (χ1n) is 19.2. The minimum absolute atomic E-state index is 0.0264. The Balaban J connectivity index is 1.30. The summed E-state index contributed by atoms with van der Waals surface area (Å²) in [4.78, 5) is 12.8. The zero-order valence-electron chi connectivity index (χ0n) is 35.5. The van der Waals surface area contributed by atoms with Crippen LogP contribution in [0.15, 0.2) is 123 Å². The number of benzene rings is 5. The van der Waals surface area contributed by atoms with Gasteiger partial charge < -0.3 is 20.1 Å². The molecule has 8 N–H and O–H groups in total. The van der Waals surface area contributed by atoms with Crippen LogP contribution in [0.4, 0.5) is 33.6 Å². The summed E-state index contributed by atoms with van der Waals surface area (Å²) in [5.41, 5.74) is -3.65. The molecule has 29 nitrogen and oxygen atoms in total. The van der Waals surface area contributed by atoms with Crippen LogP contribution in [0.25, 0.3) is 26.7 Å². The number of azo groups is 3. The lowest BCUT2D eigenvalue weighted by atomic mass is 10.1. The fourth-order valence-electron chi connectivity index (χ4n) is 6.39. The molecule has 0 saturated carbocycles. The Bertz CT molecular complexity index is 4080. The van der Waals surface area contributed by atoms with Gasteiger partial charge in [-0.25, -0.2) is 9.78 Å². The molecular formula is C37H29N9O20S6. The first kappa shape index (κ1) is 52.5. The van der Waals surface area contributed by atoms with Crippen LogP contribution in [0, 0.1) is 6.92 Å². The third-order valence-corrected chi connectivity index (χ3v) is 14.8. The second-order valence-electron chi connectivity index (χ2n) is 14.5. The lowest BCUT2D eigenvalue weighted by Gasteiger charge is -2.13. The van der Waals surface area contributed by atoms with Crippen LogP contribution in [0.2, 0.25) is 0 Å². The number of carboxylic acids is 1. The number of phenols is 1. The maximum absolute atomic E-state index is 12.9. The van der Waals surface area contributed by atoms with Crippen molar-refractivity contribution in [2.24, 2.45) is 30.7 Å². The molecule has 0 aliphatic heterocycles. The van der Waals surface area contributed by atoms with E-state index < -0.39 is 134 Å². The molecule has 35 heteroatoms. The Morgan fingerprint density at radius 1 is 0.667 bits per heavy atom. The van der Waals surface area contributed by atoms with E-state index in [0.717, 1.165) is 53.8 Å². The number of carboxylic acid groups (broad SMARTS) is 1. The number of phenolic OH excluding ortho intramolecular Hbond substituents is 1. The van der Waals surface area contributed by atoms with E-state index >= 15 is 0 Å². The highest BCUT2D eigenvalue weighted by atomic mass is 32.2. The minimum Gasteiger partial charge on any atom is -0.505 e. The molecule has 0 unspecified atom stereocenters. The predicted molar refractivity (Wildman–Crippen MR) is 247 cm³/mol. The summed E-state index contributed by atoms with van der Waals surface area (Å²) in [6.07, 6.45) is -0.282. The largest absolute Gasteiger partial charge is 0.505 e. The van der Waals surface area contributed by atoms with Gasteiger partial charge in [0.1, 0.15) is 32.6 Å². The molecule has 0 fully saturated rings. The highest BCUT2D eigenvalue weighted by Crippen LogP contribution is 2.47. The number of carbonyl (C=O) groups is 1. The lowest BCUT2D eigenvalue weighted by Crippen LogP contribution is -2.08. The second-order valence-corrected chi connectivity index (χ2v) is 22.7. The molecule has 7 aromatic rings. The van der Waals surface area contributed by atoms with Gasteiger partial charge in [-0.1, -0.05) is 11.3 Å². The van der Waals surface area contributed by atoms with Crippen LogP contribution >= 0.6 is 11.3 Å². The number of rotatable bonds is 17. The van der Waals surface area contributed by atoms with Crippen molar-refractivity contribution in [2.45, 2.75) is 32.9 Å². The Labute approximate surface area is 407 Å². The van der Waals surface area contributed by atoms with Gasteiger partial charge in [0, 0.05) is 16.8 Å². The van der Waals surface area contributed by atoms with Crippen LogP contribution < -0.4 is 4.74 Å². The minimum atomic E-state index is -5.56. The van der Waals surface area contributed by atoms with E-state index in [1.165, 1.54) is 31.2 Å². The molecule has 72 heavy (non-hydrogen) atoms. The van der Waals surface area contributed by atoms with E-state index in [9.17, 15) is 85.0 Å². The third kappa shape index (κ3) is 11.6. The molecule has 0 radical (unpaired) electrons. The average Bonchev–Trinajstić information content (AvgIpc) is 3.84. The van der Waals surface area contributed by atoms with Crippen molar-refractivity contribution in [3.63, 3.8) is 0 Å². The number of thiazole rings is 1. The summed E-state index contributed by atoms with van der Waals surface area (Å²) in [6.45, 7) is 1.08. The Hall–Kier alpha value is -7.32. The van der Waals surface area contributed by atoms with E-state index in [1.807, 2.05) is 0 Å². The summed E-state index contributed by atoms with van der Waals surface area (Å²) in [6, 6.07) is 12.0. The number of hydrogen-bond acceptors (Lipinski definition) is 23. The Morgan fingerprint density at radius 3 is 1.90 bits per heavy atom. The first-order chi connectivity index (χ1) is 33.4. The SMILES string of the molecule is Cc1cc(N=Nc2c(S(=O)(=O)O)cc3c(S(=O)(=O)O)c(N=Nc4c(C(=O)O)nn(-c5ccc(S(=O)(=O)O)cc5)c4O)ccc3c2O)c(OCCCS(=O)(=O)O)cc1N=Nc1nc2ccc(S(=O)(=O)O)cc2s1. The number of nitrogens with zero attached hydrogens (tertiary/aromatic N) is 9. The first-order valence-corrected chi connectivity index (χ1v) is 27.4. The normalized spacial score (nSPS) is 13.1. The van der Waals surface area contributed by atoms with Crippen molar-refractivity contribution < 1.29 is 89.7 Å². The quantitative estimate of drug-likeness (QED) is 0.0260. The van der Waals surface area contributed by atoms with Crippen LogP contribution in [0.5, 0.6) is 17.4 Å². The van der Waals surface area contributed by atoms with E-state index in [4.69, 9.17) is 4.74 Å². The topological polar surface area (TPSA) is 464 Å². The molecule has 378 valence electrons. The molecule has 0 saturated heterocycles. The zero-order chi connectivity index (χ0) is 52.9. The van der Waals surface area contributed by atoms with Crippen LogP contribution in [0.3, 0.4) is 0 Å². The molecular weight excluding hydrogens is 1080 g/mol. The molecule has 2 heterocycles. The zero-order valence-corrected chi connectivity index (χ0v) is 40.4. The number of aromatic hydroxyl groups is 2. The maximum Gasteiger partial charge on any atom is 0.358 e. The van der Waals surface area contributed by atoms with Gasteiger partial charge in [-0.15, -0.1) is 30.7 Å². The van der Waals surface area contributed by atoms with Gasteiger partial charge in [-0.3, -0.25) is 22.8 Å². The highest BCUT2D eigenvalue weighted by Gasteiger charge is 2.29. The smallest absolute Gasteiger partial charge is 0.358 e. The molecule has 2 aromatic heterocycles. The molecule has 0 aliphatic carbocycles. The number of fused-ring (bicyclic) bond motifs is 2. The van der Waals surface area contributed by atoms with Crippen molar-refractivity contribution >= 4 is 122 Å². The van der Waals surface area contributed by atoms with Crippen LogP contribution in [0.1, 0.15) is 22.5 Å². The van der Waals surface area contributed by atoms with Crippen molar-refractivity contribution in [1.82, 2.24) is 14.8 Å². The fourth-order valence-corrected chi connectivity index (χ4v) is 10.2. The summed E-state index contributed by atoms with van der Waals surface area (Å²) in [7, 11) is -24.7.